The number of aliphatic hydroxyl groups excluding tert-OH is 5. The molecule has 7 aliphatic rings. The van der Waals surface area contributed by atoms with Crippen LogP contribution >= 0.6 is 0 Å². The first-order valence-corrected chi connectivity index (χ1v) is 28.3. The van der Waals surface area contributed by atoms with Crippen LogP contribution in [0.3, 0.4) is 0 Å². The third-order valence-corrected chi connectivity index (χ3v) is 18.6. The monoisotopic (exact) mass is 1070 g/mol. The van der Waals surface area contributed by atoms with E-state index in [0.717, 1.165) is 61.6 Å². The third-order valence-electron chi connectivity index (χ3n) is 18.6. The maximum Gasteiger partial charge on any atom is 0.335 e. The van der Waals surface area contributed by atoms with Gasteiger partial charge in [0.25, 0.3) is 0 Å². The molecule has 1 saturated heterocycles. The van der Waals surface area contributed by atoms with Gasteiger partial charge in [0.1, 0.15) is 42.3 Å². The number of allylic oxidation sites excluding steroid dienone is 4. The van der Waals surface area contributed by atoms with Gasteiger partial charge < -0.3 is 64.0 Å². The molecule has 3 aromatic rings. The number of nitrogens with zero attached hydrogens (tertiary/aromatic N) is 2. The van der Waals surface area contributed by atoms with E-state index < -0.39 is 71.4 Å². The Morgan fingerprint density at radius 3 is 2.54 bits per heavy atom. The van der Waals surface area contributed by atoms with E-state index in [4.69, 9.17) is 23.7 Å². The van der Waals surface area contributed by atoms with Gasteiger partial charge >= 0.3 is 5.97 Å². The lowest BCUT2D eigenvalue weighted by atomic mass is 9.56. The Kier molecular flexibility index (Phi) is 18.0. The summed E-state index contributed by atoms with van der Waals surface area (Å²) in [6, 6.07) is 16.2. The largest absolute Gasteiger partial charge is 0.482 e. The molecule has 2 saturated carbocycles. The lowest BCUT2D eigenvalue weighted by Crippen LogP contribution is -2.71. The van der Waals surface area contributed by atoms with E-state index in [2.05, 4.69) is 49.8 Å². The molecule has 0 amide bonds. The molecular weight excluding hydrogens is 993 g/mol. The van der Waals surface area contributed by atoms with Crippen LogP contribution in [0.1, 0.15) is 135 Å². The van der Waals surface area contributed by atoms with E-state index in [1.54, 1.807) is 37.7 Å². The van der Waals surface area contributed by atoms with Crippen LogP contribution < -0.4 is 4.74 Å². The second kappa shape index (κ2) is 24.5. The summed E-state index contributed by atoms with van der Waals surface area (Å²) in [5, 5.41) is 92.1. The smallest absolute Gasteiger partial charge is 0.335 e. The van der Waals surface area contributed by atoms with Crippen LogP contribution in [-0.4, -0.2) is 121 Å². The maximum absolute atomic E-state index is 13.6. The van der Waals surface area contributed by atoms with Gasteiger partial charge in [-0.25, -0.2) is 4.79 Å². The Balaban J connectivity index is 1.14. The average molecular weight is 1070 g/mol. The molecule has 14 atom stereocenters. The Bertz CT molecular complexity index is 2730. The van der Waals surface area contributed by atoms with Crippen LogP contribution in [-0.2, 0) is 38.2 Å². The number of hydrogen-bond acceptors (Lipinski definition) is 13. The van der Waals surface area contributed by atoms with Gasteiger partial charge in [-0.15, -0.1) is 6.58 Å². The van der Waals surface area contributed by atoms with Gasteiger partial charge in [-0.05, 0) is 129 Å². The van der Waals surface area contributed by atoms with Crippen LogP contribution in [0.25, 0.3) is 0 Å². The predicted molar refractivity (Wildman–Crippen MR) is 290 cm³/mol. The van der Waals surface area contributed by atoms with Gasteiger partial charge in [0, 0.05) is 68.5 Å². The molecule has 3 aliphatic carbocycles. The Hall–Kier alpha value is -5.46. The van der Waals surface area contributed by atoms with Gasteiger partial charge in [-0.1, -0.05) is 75.0 Å². The molecular formula is C63H80N2O13. The van der Waals surface area contributed by atoms with E-state index in [-0.39, 0.29) is 80.7 Å². The predicted octanol–water partition coefficient (Wildman–Crippen LogP) is 7.89. The number of ether oxygens (including phenoxy) is 5. The van der Waals surface area contributed by atoms with Gasteiger partial charge in [-0.2, -0.15) is 5.26 Å². The van der Waals surface area contributed by atoms with Crippen molar-refractivity contribution in [3.8, 4) is 23.8 Å². The van der Waals surface area contributed by atoms with E-state index >= 15 is 0 Å². The number of aromatic carboxylic acids is 1. The number of aliphatic hydroxyl groups is 6. The Morgan fingerprint density at radius 2 is 1.85 bits per heavy atom. The summed E-state index contributed by atoms with van der Waals surface area (Å²) >= 11 is 0. The third kappa shape index (κ3) is 11.3. The zero-order valence-corrected chi connectivity index (χ0v) is 45.3. The Morgan fingerprint density at radius 1 is 1.05 bits per heavy atom. The fraction of sp³-hybridized carbons (Fsp3) is 0.587. The van der Waals surface area contributed by atoms with Crippen molar-refractivity contribution < 1.29 is 64.2 Å². The molecule has 1 aromatic heterocycles. The van der Waals surface area contributed by atoms with Gasteiger partial charge in [0.2, 0.25) is 6.29 Å². The van der Waals surface area contributed by atoms with Crippen molar-refractivity contribution in [2.45, 2.75) is 170 Å². The van der Waals surface area contributed by atoms with Gasteiger partial charge in [-0.3, -0.25) is 0 Å². The van der Waals surface area contributed by atoms with Crippen molar-refractivity contribution in [2.24, 2.45) is 34.5 Å². The van der Waals surface area contributed by atoms with Crippen LogP contribution in [0.2, 0.25) is 0 Å². The van der Waals surface area contributed by atoms with E-state index in [0.29, 0.717) is 49.2 Å². The summed E-state index contributed by atoms with van der Waals surface area (Å²) in [7, 11) is 1.61. The van der Waals surface area contributed by atoms with Crippen molar-refractivity contribution in [2.75, 3.05) is 26.9 Å². The number of hydrogen-bond donors (Lipinski definition) is 7. The van der Waals surface area contributed by atoms with Crippen molar-refractivity contribution in [1.82, 2.24) is 4.57 Å². The molecule has 2 aromatic carbocycles. The lowest BCUT2D eigenvalue weighted by molar-refractivity contribution is -0.337. The molecule has 420 valence electrons. The molecule has 14 unspecified atom stereocenters. The molecule has 7 N–H and O–H groups in total. The quantitative estimate of drug-likeness (QED) is 0.0306. The summed E-state index contributed by atoms with van der Waals surface area (Å²) in [4.78, 5) is 11.8. The summed E-state index contributed by atoms with van der Waals surface area (Å²) in [5.74, 6) is 1.79. The first-order chi connectivity index (χ1) is 37.7. The molecule has 4 aliphatic heterocycles. The molecule has 3 spiro atoms. The Labute approximate surface area is 459 Å². The maximum atomic E-state index is 13.6. The molecule has 3 bridgehead atoms. The second-order valence-corrected chi connectivity index (χ2v) is 23.3. The fourth-order valence-corrected chi connectivity index (χ4v) is 14.8. The minimum absolute atomic E-state index is 0.0229. The van der Waals surface area contributed by atoms with E-state index in [1.165, 1.54) is 0 Å². The van der Waals surface area contributed by atoms with E-state index in [1.807, 2.05) is 41.0 Å². The van der Waals surface area contributed by atoms with Gasteiger partial charge in [0.15, 0.2) is 5.60 Å². The number of unbranched alkanes of at least 4 members (excludes halogenated alkanes) is 2. The van der Waals surface area contributed by atoms with Crippen molar-refractivity contribution >= 4 is 5.97 Å². The first kappa shape index (κ1) is 57.2. The number of methoxy groups -OCH3 is 1. The average Bonchev–Trinajstić information content (AvgIpc) is 4.15. The SMILES string of the molecule is C=CCc1ccc(OC2OC3C(CCCO)OC#CCC(O)C4CC2(OC(CCCCC)=CC42C=CC4C(O)(CC(Cc5ccc(C(=O)O)cc5)C45CCCC5)C2)C(O)C3O)cc1CC(COC)C(CO)n1ccc(C#N)c1. The lowest BCUT2D eigenvalue weighted by Gasteiger charge is -2.53. The van der Waals surface area contributed by atoms with Crippen molar-refractivity contribution in [1.29, 1.82) is 5.26 Å². The van der Waals surface area contributed by atoms with Gasteiger partial charge in [0.05, 0.1) is 47.8 Å². The highest BCUT2D eigenvalue weighted by atomic mass is 16.7. The first-order valence-electron chi connectivity index (χ1n) is 28.3. The number of carboxylic acid groups (broad SMARTS) is 1. The normalized spacial score (nSPS) is 32.4. The van der Waals surface area contributed by atoms with Crippen molar-refractivity contribution in [3.05, 3.63) is 125 Å². The number of nitriles is 1. The highest BCUT2D eigenvalue weighted by molar-refractivity contribution is 5.87. The number of benzene rings is 2. The summed E-state index contributed by atoms with van der Waals surface area (Å²) in [6.07, 6.45) is 16.1. The molecule has 5 heterocycles. The summed E-state index contributed by atoms with van der Waals surface area (Å²) in [5.41, 5.74) is -0.828. The molecule has 15 heteroatoms. The van der Waals surface area contributed by atoms with Crippen LogP contribution in [0.4, 0.5) is 0 Å². The number of aromatic nitrogens is 1. The number of rotatable bonds is 21. The minimum atomic E-state index is -1.87. The zero-order valence-electron chi connectivity index (χ0n) is 45.3. The second-order valence-electron chi connectivity index (χ2n) is 23.3. The van der Waals surface area contributed by atoms with Crippen LogP contribution in [0.15, 0.2) is 97.6 Å². The topological polar surface area (TPSA) is 234 Å². The highest BCUT2D eigenvalue weighted by Crippen LogP contribution is 2.68. The molecule has 10 rings (SSSR count). The standard InChI is InChI=1S/C63H80N2O13/c1-4-6-7-13-49-34-60(26-22-54-61(24-8-9-25-61)47(33-62(54,73)40-60)30-41-16-18-44(19-17-41)58(71)72)50-35-63(78-49)57(70)55(69)56(53(15-10-28-66)75-29-11-14-52(50)68)77-59(63)76-48-21-20-43(12-5-2)45(32-48)31-46(39-74-3)51(38-67)65-27-23-42(36-64)37-65/h5,16-23,26-27,32,34,37,46-47,50-57,59,66-70,73H,2,4,6-10,12-15,24-25,28,30-31,33,35,38-40H2,1,3H3,(H,71,72). The zero-order chi connectivity index (χ0) is 55.2. The number of carbonyl (C=O) groups is 1. The van der Waals surface area contributed by atoms with Crippen LogP contribution in [0.5, 0.6) is 5.75 Å². The van der Waals surface area contributed by atoms with Crippen molar-refractivity contribution in [3.63, 3.8) is 0 Å². The molecule has 78 heavy (non-hydrogen) atoms. The highest BCUT2D eigenvalue weighted by Gasteiger charge is 2.68. The number of fused-ring (bicyclic) bond motifs is 8. The van der Waals surface area contributed by atoms with Crippen LogP contribution in [0, 0.1) is 57.9 Å². The summed E-state index contributed by atoms with van der Waals surface area (Å²) in [6.45, 7) is 6.03. The molecule has 3 fully saturated rings. The minimum Gasteiger partial charge on any atom is -0.482 e. The van der Waals surface area contributed by atoms with E-state index in [9.17, 15) is 45.8 Å². The number of carboxylic acids is 1. The fourth-order valence-electron chi connectivity index (χ4n) is 14.8. The molecule has 15 nitrogen and oxygen atoms in total. The summed E-state index contributed by atoms with van der Waals surface area (Å²) < 4.78 is 35.2. The molecule has 0 radical (unpaired) electrons.